The van der Waals surface area contributed by atoms with Gasteiger partial charge in [0.25, 0.3) is 0 Å². The van der Waals surface area contributed by atoms with Crippen LogP contribution in [0, 0.1) is 5.82 Å². The maximum absolute atomic E-state index is 13.1. The van der Waals surface area contributed by atoms with Gasteiger partial charge in [-0.1, -0.05) is 30.1 Å². The van der Waals surface area contributed by atoms with Crippen LogP contribution in [-0.4, -0.2) is 32.8 Å². The number of likely N-dealkylation sites (tertiary alicyclic amines) is 1. The molecule has 6 heteroatoms. The number of aliphatic hydroxyl groups excluding tert-OH is 1. The molecule has 1 aliphatic carbocycles. The zero-order valence-electron chi connectivity index (χ0n) is 13.6. The summed E-state index contributed by atoms with van der Waals surface area (Å²) in [5.41, 5.74) is 1.00. The van der Waals surface area contributed by atoms with E-state index in [-0.39, 0.29) is 11.9 Å². The quantitative estimate of drug-likeness (QED) is 0.932. The Labute approximate surface area is 140 Å². The van der Waals surface area contributed by atoms with Crippen molar-refractivity contribution in [1.29, 1.82) is 0 Å². The Hall–Kier alpha value is -1.79. The van der Waals surface area contributed by atoms with Gasteiger partial charge in [-0.3, -0.25) is 4.90 Å². The first kappa shape index (κ1) is 15.7. The normalized spacial score (nSPS) is 25.6. The average molecular weight is 331 g/mol. The largest absolute Gasteiger partial charge is 0.392 e. The van der Waals surface area contributed by atoms with E-state index in [0.29, 0.717) is 31.3 Å². The molecule has 2 heterocycles. The molecule has 1 aromatic carbocycles. The maximum Gasteiger partial charge on any atom is 0.240 e. The molecule has 1 saturated carbocycles. The Morgan fingerprint density at radius 3 is 2.71 bits per heavy atom. The van der Waals surface area contributed by atoms with Gasteiger partial charge in [-0.25, -0.2) is 4.39 Å². The van der Waals surface area contributed by atoms with Gasteiger partial charge in [0.1, 0.15) is 5.82 Å². The predicted molar refractivity (Wildman–Crippen MR) is 85.7 cm³/mol. The summed E-state index contributed by atoms with van der Waals surface area (Å²) in [5.74, 6) is 1.60. The summed E-state index contributed by atoms with van der Waals surface area (Å²) in [4.78, 5) is 6.69. The van der Waals surface area contributed by atoms with E-state index in [4.69, 9.17) is 4.52 Å². The highest BCUT2D eigenvalue weighted by molar-refractivity contribution is 5.21. The number of β-amino-alcohol motifs (C(OH)–C–C–N with tert-alkyl or cyclic N) is 1. The highest BCUT2D eigenvalue weighted by Gasteiger charge is 2.33. The monoisotopic (exact) mass is 331 g/mol. The second kappa shape index (κ2) is 6.61. The van der Waals surface area contributed by atoms with Crippen LogP contribution in [0.25, 0.3) is 0 Å². The lowest BCUT2D eigenvalue weighted by molar-refractivity contribution is 0.164. The van der Waals surface area contributed by atoms with E-state index in [0.717, 1.165) is 24.2 Å². The molecule has 128 valence electrons. The van der Waals surface area contributed by atoms with Gasteiger partial charge in [0, 0.05) is 18.5 Å². The molecule has 2 fully saturated rings. The van der Waals surface area contributed by atoms with Crippen LogP contribution in [0.3, 0.4) is 0 Å². The number of hydrogen-bond donors (Lipinski definition) is 1. The molecule has 1 N–H and O–H groups in total. The second-order valence-electron chi connectivity index (χ2n) is 6.91. The van der Waals surface area contributed by atoms with Crippen molar-refractivity contribution in [2.24, 2.45) is 0 Å². The third-order valence-electron chi connectivity index (χ3n) is 5.18. The molecule has 1 aromatic heterocycles. The van der Waals surface area contributed by atoms with Crippen molar-refractivity contribution in [3.63, 3.8) is 0 Å². The van der Waals surface area contributed by atoms with Gasteiger partial charge in [-0.05, 0) is 37.0 Å². The number of aromatic nitrogens is 2. The number of hydrogen-bond acceptors (Lipinski definition) is 5. The molecule has 2 aliphatic rings. The van der Waals surface area contributed by atoms with E-state index in [9.17, 15) is 9.50 Å². The molecule has 24 heavy (non-hydrogen) atoms. The summed E-state index contributed by atoms with van der Waals surface area (Å²) < 4.78 is 18.6. The lowest BCUT2D eigenvalue weighted by Crippen LogP contribution is -2.24. The van der Waals surface area contributed by atoms with E-state index in [1.807, 2.05) is 0 Å². The van der Waals surface area contributed by atoms with Crippen molar-refractivity contribution in [3.8, 4) is 0 Å². The lowest BCUT2D eigenvalue weighted by Gasteiger charge is -2.22. The Kier molecular flexibility index (Phi) is 4.33. The summed E-state index contributed by atoms with van der Waals surface area (Å²) in [6.07, 6.45) is 4.99. The van der Waals surface area contributed by atoms with E-state index < -0.39 is 6.10 Å². The van der Waals surface area contributed by atoms with Crippen LogP contribution in [0.5, 0.6) is 0 Å². The van der Waals surface area contributed by atoms with Crippen molar-refractivity contribution in [2.45, 2.75) is 56.7 Å². The Morgan fingerprint density at radius 2 is 1.96 bits per heavy atom. The first-order valence-electron chi connectivity index (χ1n) is 8.69. The van der Waals surface area contributed by atoms with Crippen molar-refractivity contribution in [1.82, 2.24) is 15.0 Å². The standard InChI is InChI=1S/C18H22FN3O2/c19-14-7-5-12(6-8-14)16-9-15(23)10-22(16)11-17-20-18(21-24-17)13-3-1-2-4-13/h5-8,13,15-16,23H,1-4,9-11H2/t15-,16+/m1/s1. The Morgan fingerprint density at radius 1 is 1.21 bits per heavy atom. The molecule has 1 aliphatic heterocycles. The van der Waals surface area contributed by atoms with Gasteiger partial charge in [-0.15, -0.1) is 0 Å². The molecule has 4 rings (SSSR count). The molecule has 2 aromatic rings. The zero-order chi connectivity index (χ0) is 16.5. The SMILES string of the molecule is O[C@@H]1C[C@@H](c2ccc(F)cc2)N(Cc2nc(C3CCCC3)no2)C1. The molecule has 0 bridgehead atoms. The van der Waals surface area contributed by atoms with Crippen molar-refractivity contribution >= 4 is 0 Å². The van der Waals surface area contributed by atoms with Crippen LogP contribution in [0.15, 0.2) is 28.8 Å². The highest BCUT2D eigenvalue weighted by atomic mass is 19.1. The number of rotatable bonds is 4. The minimum absolute atomic E-state index is 0.0439. The fourth-order valence-electron chi connectivity index (χ4n) is 3.94. The topological polar surface area (TPSA) is 62.4 Å². The molecule has 0 spiro atoms. The lowest BCUT2D eigenvalue weighted by atomic mass is 10.0. The summed E-state index contributed by atoms with van der Waals surface area (Å²) >= 11 is 0. The van der Waals surface area contributed by atoms with Crippen LogP contribution >= 0.6 is 0 Å². The molecule has 0 amide bonds. The van der Waals surface area contributed by atoms with Crippen molar-refractivity contribution in [3.05, 3.63) is 47.4 Å². The van der Waals surface area contributed by atoms with Gasteiger partial charge in [0.15, 0.2) is 5.82 Å². The average Bonchev–Trinajstić information content (AvgIpc) is 3.29. The van der Waals surface area contributed by atoms with E-state index in [2.05, 4.69) is 15.0 Å². The minimum Gasteiger partial charge on any atom is -0.392 e. The number of nitrogens with zero attached hydrogens (tertiary/aromatic N) is 3. The first-order chi connectivity index (χ1) is 11.7. The van der Waals surface area contributed by atoms with Gasteiger partial charge in [0.05, 0.1) is 12.6 Å². The fourth-order valence-corrected chi connectivity index (χ4v) is 3.94. The molecule has 5 nitrogen and oxygen atoms in total. The van der Waals surface area contributed by atoms with Gasteiger partial charge >= 0.3 is 0 Å². The molecular weight excluding hydrogens is 309 g/mol. The highest BCUT2D eigenvalue weighted by Crippen LogP contribution is 2.35. The smallest absolute Gasteiger partial charge is 0.240 e. The van der Waals surface area contributed by atoms with Gasteiger partial charge < -0.3 is 9.63 Å². The molecule has 0 unspecified atom stereocenters. The van der Waals surface area contributed by atoms with Crippen LogP contribution in [0.2, 0.25) is 0 Å². The summed E-state index contributed by atoms with van der Waals surface area (Å²) in [6, 6.07) is 6.53. The molecule has 2 atom stereocenters. The third-order valence-corrected chi connectivity index (χ3v) is 5.18. The molecule has 1 saturated heterocycles. The second-order valence-corrected chi connectivity index (χ2v) is 6.91. The van der Waals surface area contributed by atoms with Crippen LogP contribution in [-0.2, 0) is 6.54 Å². The number of halogens is 1. The van der Waals surface area contributed by atoms with Gasteiger partial charge in [-0.2, -0.15) is 4.98 Å². The van der Waals surface area contributed by atoms with E-state index >= 15 is 0 Å². The van der Waals surface area contributed by atoms with Crippen LogP contribution < -0.4 is 0 Å². The van der Waals surface area contributed by atoms with E-state index in [1.165, 1.54) is 25.0 Å². The summed E-state index contributed by atoms with van der Waals surface area (Å²) in [5, 5.41) is 14.2. The fraction of sp³-hybridized carbons (Fsp3) is 0.556. The molecular formula is C18H22FN3O2. The van der Waals surface area contributed by atoms with E-state index in [1.54, 1.807) is 12.1 Å². The first-order valence-corrected chi connectivity index (χ1v) is 8.69. The number of aliphatic hydroxyl groups is 1. The maximum atomic E-state index is 13.1. The zero-order valence-corrected chi connectivity index (χ0v) is 13.6. The summed E-state index contributed by atoms with van der Waals surface area (Å²) in [6.45, 7) is 1.07. The third kappa shape index (κ3) is 3.21. The molecule has 0 radical (unpaired) electrons. The summed E-state index contributed by atoms with van der Waals surface area (Å²) in [7, 11) is 0. The number of benzene rings is 1. The predicted octanol–water partition coefficient (Wildman–Crippen LogP) is 3.17. The Balaban J connectivity index is 1.48. The Bertz CT molecular complexity index is 682. The van der Waals surface area contributed by atoms with Crippen LogP contribution in [0.1, 0.15) is 61.3 Å². The van der Waals surface area contributed by atoms with Crippen LogP contribution in [0.4, 0.5) is 4.39 Å². The van der Waals surface area contributed by atoms with Crippen molar-refractivity contribution in [2.75, 3.05) is 6.54 Å². The van der Waals surface area contributed by atoms with Crippen molar-refractivity contribution < 1.29 is 14.0 Å². The minimum atomic E-state index is -0.391. The van der Waals surface area contributed by atoms with Gasteiger partial charge in [0.2, 0.25) is 5.89 Å².